The van der Waals surface area contributed by atoms with Gasteiger partial charge in [-0.25, -0.2) is 4.68 Å². The standard InChI is InChI=1S/C23H23ClN4O2/c1-15-21(12-17-5-4-6-18(11-17)23(30)27(3)9-10-29)16(2)28(26-15)20-8-7-19(14-25)22(24)13-20/h4-8,11,13,29H,9-10,12H2,1-3H3. The van der Waals surface area contributed by atoms with Crippen molar-refractivity contribution in [2.45, 2.75) is 20.3 Å². The molecule has 7 heteroatoms. The fourth-order valence-corrected chi connectivity index (χ4v) is 3.62. The highest BCUT2D eigenvalue weighted by molar-refractivity contribution is 6.31. The molecule has 0 aliphatic rings. The molecule has 0 saturated carbocycles. The van der Waals surface area contributed by atoms with E-state index in [0.29, 0.717) is 29.1 Å². The lowest BCUT2D eigenvalue weighted by molar-refractivity contribution is 0.0767. The minimum absolute atomic E-state index is 0.0706. The Morgan fingerprint density at radius 1 is 1.27 bits per heavy atom. The van der Waals surface area contributed by atoms with E-state index in [-0.39, 0.29) is 12.5 Å². The van der Waals surface area contributed by atoms with E-state index in [1.54, 1.807) is 25.2 Å². The largest absolute Gasteiger partial charge is 0.395 e. The maximum absolute atomic E-state index is 12.5. The molecule has 0 spiro atoms. The molecule has 0 saturated heterocycles. The maximum Gasteiger partial charge on any atom is 0.253 e. The number of carbonyl (C=O) groups is 1. The molecule has 0 aliphatic carbocycles. The van der Waals surface area contributed by atoms with Gasteiger partial charge in [0.25, 0.3) is 5.91 Å². The van der Waals surface area contributed by atoms with Gasteiger partial charge in [0.2, 0.25) is 0 Å². The lowest BCUT2D eigenvalue weighted by Gasteiger charge is -2.16. The molecule has 0 aliphatic heterocycles. The molecule has 1 N–H and O–H groups in total. The van der Waals surface area contributed by atoms with Crippen LogP contribution < -0.4 is 0 Å². The summed E-state index contributed by atoms with van der Waals surface area (Å²) < 4.78 is 1.82. The zero-order valence-corrected chi connectivity index (χ0v) is 17.9. The first-order chi connectivity index (χ1) is 14.3. The Morgan fingerprint density at radius 2 is 2.03 bits per heavy atom. The van der Waals surface area contributed by atoms with Crippen LogP contribution in [0.2, 0.25) is 5.02 Å². The SMILES string of the molecule is Cc1nn(-c2ccc(C#N)c(Cl)c2)c(C)c1Cc1cccc(C(=O)N(C)CCO)c1. The van der Waals surface area contributed by atoms with Crippen molar-refractivity contribution in [2.24, 2.45) is 0 Å². The Kier molecular flexibility index (Phi) is 6.56. The molecule has 1 aromatic heterocycles. The van der Waals surface area contributed by atoms with Crippen LogP contribution in [0.4, 0.5) is 0 Å². The van der Waals surface area contributed by atoms with Crippen molar-refractivity contribution in [3.05, 3.63) is 81.1 Å². The average molecular weight is 423 g/mol. The van der Waals surface area contributed by atoms with Gasteiger partial charge in [-0.05, 0) is 49.7 Å². The zero-order valence-electron chi connectivity index (χ0n) is 17.2. The summed E-state index contributed by atoms with van der Waals surface area (Å²) in [7, 11) is 1.67. The van der Waals surface area contributed by atoms with Crippen LogP contribution in [-0.4, -0.2) is 45.9 Å². The molecular weight excluding hydrogens is 400 g/mol. The number of benzene rings is 2. The second-order valence-electron chi connectivity index (χ2n) is 7.16. The van der Waals surface area contributed by atoms with Crippen LogP contribution >= 0.6 is 11.6 Å². The van der Waals surface area contributed by atoms with Crippen LogP contribution in [-0.2, 0) is 6.42 Å². The van der Waals surface area contributed by atoms with Gasteiger partial charge in [0, 0.05) is 36.8 Å². The van der Waals surface area contributed by atoms with E-state index >= 15 is 0 Å². The number of aliphatic hydroxyl groups excluding tert-OH is 1. The number of hydrogen-bond donors (Lipinski definition) is 1. The summed E-state index contributed by atoms with van der Waals surface area (Å²) in [5.41, 5.74) is 5.75. The number of carbonyl (C=O) groups excluding carboxylic acids is 1. The van der Waals surface area contributed by atoms with E-state index in [0.717, 1.165) is 28.2 Å². The van der Waals surface area contributed by atoms with Crippen molar-refractivity contribution in [3.63, 3.8) is 0 Å². The minimum Gasteiger partial charge on any atom is -0.395 e. The topological polar surface area (TPSA) is 82.2 Å². The van der Waals surface area contributed by atoms with E-state index in [2.05, 4.69) is 11.2 Å². The van der Waals surface area contributed by atoms with Gasteiger partial charge in [-0.2, -0.15) is 10.4 Å². The maximum atomic E-state index is 12.5. The Hall–Kier alpha value is -3.14. The van der Waals surface area contributed by atoms with Gasteiger partial charge in [0.15, 0.2) is 0 Å². The van der Waals surface area contributed by atoms with E-state index in [4.69, 9.17) is 22.0 Å². The summed E-state index contributed by atoms with van der Waals surface area (Å²) in [5.74, 6) is -0.123. The van der Waals surface area contributed by atoms with Crippen LogP contribution in [0.5, 0.6) is 0 Å². The first kappa shape index (κ1) is 21.6. The number of aromatic nitrogens is 2. The Labute approximate surface area is 180 Å². The third kappa shape index (κ3) is 4.38. The molecule has 0 radical (unpaired) electrons. The molecule has 0 bridgehead atoms. The lowest BCUT2D eigenvalue weighted by atomic mass is 10.0. The molecule has 3 aromatic rings. The number of aryl methyl sites for hydroxylation is 1. The van der Waals surface area contributed by atoms with E-state index in [1.165, 1.54) is 4.90 Å². The molecule has 0 fully saturated rings. The van der Waals surface area contributed by atoms with E-state index < -0.39 is 0 Å². The van der Waals surface area contributed by atoms with Gasteiger partial charge >= 0.3 is 0 Å². The van der Waals surface area contributed by atoms with Gasteiger partial charge in [-0.3, -0.25) is 4.79 Å². The van der Waals surface area contributed by atoms with Gasteiger partial charge in [0.05, 0.1) is 28.6 Å². The van der Waals surface area contributed by atoms with Crippen molar-refractivity contribution >= 4 is 17.5 Å². The van der Waals surface area contributed by atoms with Crippen molar-refractivity contribution in [1.29, 1.82) is 5.26 Å². The zero-order chi connectivity index (χ0) is 21.8. The number of likely N-dealkylation sites (N-methyl/N-ethyl adjacent to an activating group) is 1. The molecule has 30 heavy (non-hydrogen) atoms. The summed E-state index contributed by atoms with van der Waals surface area (Å²) in [6.45, 7) is 4.17. The van der Waals surface area contributed by atoms with Crippen LogP contribution in [0.25, 0.3) is 5.69 Å². The van der Waals surface area contributed by atoms with Gasteiger partial charge < -0.3 is 10.0 Å². The molecule has 0 unspecified atom stereocenters. The van der Waals surface area contributed by atoms with Crippen molar-refractivity contribution in [2.75, 3.05) is 20.2 Å². The second kappa shape index (κ2) is 9.12. The second-order valence-corrected chi connectivity index (χ2v) is 7.57. The summed E-state index contributed by atoms with van der Waals surface area (Å²) in [6.07, 6.45) is 0.631. The fraction of sp³-hybridized carbons (Fsp3) is 0.261. The number of aliphatic hydroxyl groups is 1. The summed E-state index contributed by atoms with van der Waals surface area (Å²) in [6, 6.07) is 14.8. The smallest absolute Gasteiger partial charge is 0.253 e. The van der Waals surface area contributed by atoms with Crippen LogP contribution in [0.15, 0.2) is 42.5 Å². The number of nitrogens with zero attached hydrogens (tertiary/aromatic N) is 4. The number of amides is 1. The third-order valence-corrected chi connectivity index (χ3v) is 5.41. The fourth-order valence-electron chi connectivity index (χ4n) is 3.40. The number of hydrogen-bond acceptors (Lipinski definition) is 4. The third-order valence-electron chi connectivity index (χ3n) is 5.10. The van der Waals surface area contributed by atoms with E-state index in [9.17, 15) is 4.79 Å². The lowest BCUT2D eigenvalue weighted by Crippen LogP contribution is -2.29. The highest BCUT2D eigenvalue weighted by atomic mass is 35.5. The van der Waals surface area contributed by atoms with Crippen molar-refractivity contribution < 1.29 is 9.90 Å². The number of rotatable bonds is 6. The highest BCUT2D eigenvalue weighted by Crippen LogP contribution is 2.24. The highest BCUT2D eigenvalue weighted by Gasteiger charge is 2.16. The first-order valence-electron chi connectivity index (χ1n) is 9.56. The summed E-state index contributed by atoms with van der Waals surface area (Å²) >= 11 is 6.19. The van der Waals surface area contributed by atoms with E-state index in [1.807, 2.05) is 42.8 Å². The molecule has 1 amide bonds. The molecule has 3 rings (SSSR count). The first-order valence-corrected chi connectivity index (χ1v) is 9.94. The molecular formula is C23H23ClN4O2. The number of nitriles is 1. The molecule has 1 heterocycles. The Balaban J connectivity index is 1.90. The predicted octanol–water partition coefficient (Wildman–Crippen LogP) is 3.67. The van der Waals surface area contributed by atoms with Gasteiger partial charge in [0.1, 0.15) is 6.07 Å². The normalized spacial score (nSPS) is 10.7. The quantitative estimate of drug-likeness (QED) is 0.657. The van der Waals surface area contributed by atoms with Crippen LogP contribution in [0.3, 0.4) is 0 Å². The molecule has 0 atom stereocenters. The van der Waals surface area contributed by atoms with Gasteiger partial charge in [-0.1, -0.05) is 23.7 Å². The predicted molar refractivity (Wildman–Crippen MR) is 116 cm³/mol. The average Bonchev–Trinajstić information content (AvgIpc) is 3.01. The molecule has 2 aromatic carbocycles. The van der Waals surface area contributed by atoms with Crippen molar-refractivity contribution in [3.8, 4) is 11.8 Å². The van der Waals surface area contributed by atoms with Gasteiger partial charge in [-0.15, -0.1) is 0 Å². The summed E-state index contributed by atoms with van der Waals surface area (Å²) in [5, 5.41) is 23.2. The van der Waals surface area contributed by atoms with Crippen LogP contribution in [0.1, 0.15) is 38.4 Å². The minimum atomic E-state index is -0.123. The van der Waals surface area contributed by atoms with Crippen molar-refractivity contribution in [1.82, 2.24) is 14.7 Å². The number of halogens is 1. The summed E-state index contributed by atoms with van der Waals surface area (Å²) in [4.78, 5) is 14.0. The molecule has 154 valence electrons. The Bertz CT molecular complexity index is 1130. The monoisotopic (exact) mass is 422 g/mol. The van der Waals surface area contributed by atoms with Crippen LogP contribution in [0, 0.1) is 25.2 Å². The molecule has 6 nitrogen and oxygen atoms in total. The Morgan fingerprint density at radius 3 is 2.70 bits per heavy atom.